The van der Waals surface area contributed by atoms with Gasteiger partial charge in [-0.05, 0) is 38.9 Å². The van der Waals surface area contributed by atoms with Crippen molar-refractivity contribution in [3.63, 3.8) is 0 Å². The molecule has 1 amide bonds. The molecule has 88 valence electrons. The van der Waals surface area contributed by atoms with E-state index in [0.717, 1.165) is 19.5 Å². The van der Waals surface area contributed by atoms with Gasteiger partial charge in [0.05, 0.1) is 6.26 Å². The average molecular weight is 222 g/mol. The zero-order valence-electron chi connectivity index (χ0n) is 9.82. The lowest BCUT2D eigenvalue weighted by atomic mass is 10.1. The number of hydrogen-bond donors (Lipinski definition) is 1. The Morgan fingerprint density at radius 1 is 1.56 bits per heavy atom. The van der Waals surface area contributed by atoms with Crippen molar-refractivity contribution in [2.24, 2.45) is 0 Å². The number of carbonyl (C=O) groups excluding carboxylic acids is 1. The third-order valence-corrected chi connectivity index (χ3v) is 2.81. The van der Waals surface area contributed by atoms with E-state index in [1.165, 1.54) is 6.26 Å². The minimum Gasteiger partial charge on any atom is -0.459 e. The van der Waals surface area contributed by atoms with Crippen LogP contribution >= 0.6 is 0 Å². The summed E-state index contributed by atoms with van der Waals surface area (Å²) in [6.45, 7) is 6.68. The Balaban J connectivity index is 2.11. The molecule has 4 heteroatoms. The van der Waals surface area contributed by atoms with Crippen LogP contribution < -0.4 is 5.32 Å². The molecule has 1 fully saturated rings. The highest BCUT2D eigenvalue weighted by Gasteiger charge is 2.28. The third kappa shape index (κ3) is 2.44. The number of nitrogens with one attached hydrogen (secondary N) is 1. The van der Waals surface area contributed by atoms with Crippen LogP contribution in [0.2, 0.25) is 0 Å². The molecular formula is C12H18N2O2. The van der Waals surface area contributed by atoms with Gasteiger partial charge < -0.3 is 14.6 Å². The van der Waals surface area contributed by atoms with Crippen LogP contribution in [0.3, 0.4) is 0 Å². The van der Waals surface area contributed by atoms with Gasteiger partial charge in [0, 0.05) is 18.6 Å². The van der Waals surface area contributed by atoms with Crippen LogP contribution in [0, 0.1) is 0 Å². The second-order valence-electron chi connectivity index (χ2n) is 4.87. The van der Waals surface area contributed by atoms with Crippen LogP contribution in [0.25, 0.3) is 0 Å². The summed E-state index contributed by atoms with van der Waals surface area (Å²) in [6, 6.07) is 3.46. The van der Waals surface area contributed by atoms with Crippen LogP contribution in [0.4, 0.5) is 0 Å². The molecule has 1 aliphatic rings. The molecule has 0 spiro atoms. The highest BCUT2D eigenvalue weighted by atomic mass is 16.3. The van der Waals surface area contributed by atoms with E-state index in [2.05, 4.69) is 19.2 Å². The zero-order chi connectivity index (χ0) is 11.6. The second kappa shape index (κ2) is 4.29. The molecule has 1 aromatic rings. The van der Waals surface area contributed by atoms with E-state index in [0.29, 0.717) is 12.3 Å². The molecule has 0 bridgehead atoms. The minimum atomic E-state index is -0.0290. The molecule has 4 nitrogen and oxygen atoms in total. The summed E-state index contributed by atoms with van der Waals surface area (Å²) in [5.41, 5.74) is -0.0290. The molecule has 0 aliphatic carbocycles. The lowest BCUT2D eigenvalue weighted by molar-refractivity contribution is 0.0701. The van der Waals surface area contributed by atoms with Gasteiger partial charge in [-0.2, -0.15) is 0 Å². The predicted molar refractivity (Wildman–Crippen MR) is 61.3 cm³/mol. The number of rotatable bonds is 1. The van der Waals surface area contributed by atoms with Gasteiger partial charge in [0.1, 0.15) is 0 Å². The fraction of sp³-hybridized carbons (Fsp3) is 0.583. The van der Waals surface area contributed by atoms with E-state index in [9.17, 15) is 4.79 Å². The van der Waals surface area contributed by atoms with Gasteiger partial charge in [0.25, 0.3) is 5.91 Å². The highest BCUT2D eigenvalue weighted by Crippen LogP contribution is 2.14. The van der Waals surface area contributed by atoms with E-state index in [1.807, 2.05) is 4.90 Å². The van der Waals surface area contributed by atoms with Gasteiger partial charge in [-0.3, -0.25) is 4.79 Å². The number of amides is 1. The Morgan fingerprint density at radius 3 is 3.06 bits per heavy atom. The Labute approximate surface area is 95.6 Å². The van der Waals surface area contributed by atoms with Gasteiger partial charge in [-0.25, -0.2) is 0 Å². The maximum absolute atomic E-state index is 12.1. The SMILES string of the molecule is CC1(C)CN(C(=O)c2ccco2)CCCN1. The molecule has 1 aliphatic heterocycles. The third-order valence-electron chi connectivity index (χ3n) is 2.81. The van der Waals surface area contributed by atoms with Crippen LogP contribution in [0.1, 0.15) is 30.8 Å². The Hall–Kier alpha value is -1.29. The summed E-state index contributed by atoms with van der Waals surface area (Å²) in [4.78, 5) is 14.0. The quantitative estimate of drug-likeness (QED) is 0.783. The second-order valence-corrected chi connectivity index (χ2v) is 4.87. The molecule has 2 rings (SSSR count). The van der Waals surface area contributed by atoms with Gasteiger partial charge in [0.2, 0.25) is 0 Å². The molecule has 1 saturated heterocycles. The van der Waals surface area contributed by atoms with Crippen molar-refractivity contribution in [1.29, 1.82) is 0 Å². The monoisotopic (exact) mass is 222 g/mol. The smallest absolute Gasteiger partial charge is 0.289 e. The number of hydrogen-bond acceptors (Lipinski definition) is 3. The first-order valence-corrected chi connectivity index (χ1v) is 5.66. The highest BCUT2D eigenvalue weighted by molar-refractivity contribution is 5.91. The Kier molecular flexibility index (Phi) is 3.01. The summed E-state index contributed by atoms with van der Waals surface area (Å²) in [5, 5.41) is 3.43. The molecule has 0 radical (unpaired) electrons. The van der Waals surface area contributed by atoms with E-state index in [-0.39, 0.29) is 11.4 Å². The van der Waals surface area contributed by atoms with Crippen molar-refractivity contribution in [3.8, 4) is 0 Å². The van der Waals surface area contributed by atoms with Crippen molar-refractivity contribution in [3.05, 3.63) is 24.2 Å². The Bertz CT molecular complexity index is 357. The Morgan fingerprint density at radius 2 is 2.38 bits per heavy atom. The van der Waals surface area contributed by atoms with E-state index < -0.39 is 0 Å². The van der Waals surface area contributed by atoms with E-state index in [4.69, 9.17) is 4.42 Å². The van der Waals surface area contributed by atoms with Crippen molar-refractivity contribution >= 4 is 5.91 Å². The fourth-order valence-electron chi connectivity index (χ4n) is 2.04. The lowest BCUT2D eigenvalue weighted by Crippen LogP contribution is -2.47. The maximum atomic E-state index is 12.1. The van der Waals surface area contributed by atoms with Gasteiger partial charge >= 0.3 is 0 Å². The van der Waals surface area contributed by atoms with E-state index in [1.54, 1.807) is 12.1 Å². The largest absolute Gasteiger partial charge is 0.459 e. The van der Waals surface area contributed by atoms with Crippen LogP contribution in [0.5, 0.6) is 0 Å². The minimum absolute atomic E-state index is 0.0122. The van der Waals surface area contributed by atoms with E-state index >= 15 is 0 Å². The zero-order valence-corrected chi connectivity index (χ0v) is 9.82. The van der Waals surface area contributed by atoms with Gasteiger partial charge in [0.15, 0.2) is 5.76 Å². The van der Waals surface area contributed by atoms with Crippen LogP contribution in [-0.4, -0.2) is 36.0 Å². The number of nitrogens with zero attached hydrogens (tertiary/aromatic N) is 1. The molecular weight excluding hydrogens is 204 g/mol. The first kappa shape index (κ1) is 11.2. The standard InChI is InChI=1S/C12H18N2O2/c1-12(2)9-14(7-4-6-13-12)11(15)10-5-3-8-16-10/h3,5,8,13H,4,6-7,9H2,1-2H3. The van der Waals surface area contributed by atoms with Crippen molar-refractivity contribution in [1.82, 2.24) is 10.2 Å². The molecule has 2 heterocycles. The number of furan rings is 1. The van der Waals surface area contributed by atoms with Crippen molar-refractivity contribution in [2.75, 3.05) is 19.6 Å². The predicted octanol–water partition coefficient (Wildman–Crippen LogP) is 1.49. The fourth-order valence-corrected chi connectivity index (χ4v) is 2.04. The first-order valence-electron chi connectivity index (χ1n) is 5.66. The normalized spacial score (nSPS) is 20.5. The molecule has 0 atom stereocenters. The summed E-state index contributed by atoms with van der Waals surface area (Å²) in [5.74, 6) is 0.416. The van der Waals surface area contributed by atoms with Gasteiger partial charge in [-0.1, -0.05) is 0 Å². The van der Waals surface area contributed by atoms with Crippen molar-refractivity contribution < 1.29 is 9.21 Å². The molecule has 0 unspecified atom stereocenters. The number of carbonyl (C=O) groups is 1. The molecule has 1 N–H and O–H groups in total. The molecule has 0 aromatic carbocycles. The van der Waals surface area contributed by atoms with Crippen LogP contribution in [0.15, 0.2) is 22.8 Å². The summed E-state index contributed by atoms with van der Waals surface area (Å²) in [7, 11) is 0. The van der Waals surface area contributed by atoms with Gasteiger partial charge in [-0.15, -0.1) is 0 Å². The van der Waals surface area contributed by atoms with Crippen molar-refractivity contribution in [2.45, 2.75) is 25.8 Å². The molecule has 1 aromatic heterocycles. The topological polar surface area (TPSA) is 45.5 Å². The average Bonchev–Trinajstić information content (AvgIpc) is 2.68. The molecule has 0 saturated carbocycles. The molecule has 16 heavy (non-hydrogen) atoms. The summed E-state index contributed by atoms with van der Waals surface area (Å²) in [6.07, 6.45) is 2.52. The first-order chi connectivity index (χ1) is 7.58. The summed E-state index contributed by atoms with van der Waals surface area (Å²) < 4.78 is 5.15. The lowest BCUT2D eigenvalue weighted by Gasteiger charge is -2.29. The summed E-state index contributed by atoms with van der Waals surface area (Å²) >= 11 is 0. The van der Waals surface area contributed by atoms with Crippen LogP contribution in [-0.2, 0) is 0 Å². The maximum Gasteiger partial charge on any atom is 0.289 e.